The first-order chi connectivity index (χ1) is 9.70. The SMILES string of the molecule is O=C(Cc1cc(Cl)cc2c1OCC2)C1CC2CCC1C2. The first kappa shape index (κ1) is 12.7. The van der Waals surface area contributed by atoms with E-state index in [1.807, 2.05) is 12.1 Å². The lowest BCUT2D eigenvalue weighted by Gasteiger charge is -2.20. The maximum Gasteiger partial charge on any atom is 0.140 e. The molecule has 106 valence electrons. The molecular formula is C17H19ClO2. The van der Waals surface area contributed by atoms with E-state index in [0.29, 0.717) is 30.6 Å². The number of halogens is 1. The largest absolute Gasteiger partial charge is 0.493 e. The van der Waals surface area contributed by atoms with E-state index in [1.165, 1.54) is 19.3 Å². The average molecular weight is 291 g/mol. The standard InChI is InChI=1S/C17H19ClO2/c18-14-7-12-3-4-20-17(12)13(8-14)9-16(19)15-6-10-1-2-11(15)5-10/h7-8,10-11,15H,1-6,9H2. The van der Waals surface area contributed by atoms with Crippen molar-refractivity contribution in [2.75, 3.05) is 6.61 Å². The molecule has 3 atom stereocenters. The highest BCUT2D eigenvalue weighted by atomic mass is 35.5. The molecule has 1 aromatic carbocycles. The van der Waals surface area contributed by atoms with Crippen molar-refractivity contribution >= 4 is 17.4 Å². The van der Waals surface area contributed by atoms with Gasteiger partial charge in [0.05, 0.1) is 6.61 Å². The second-order valence-electron chi connectivity index (χ2n) is 6.58. The van der Waals surface area contributed by atoms with E-state index in [2.05, 4.69) is 0 Å². The van der Waals surface area contributed by atoms with Gasteiger partial charge in [-0.25, -0.2) is 0 Å². The normalized spacial score (nSPS) is 30.4. The molecule has 1 heterocycles. The first-order valence-corrected chi connectivity index (χ1v) is 8.05. The molecule has 2 fully saturated rings. The lowest BCUT2D eigenvalue weighted by Crippen LogP contribution is -2.22. The number of benzene rings is 1. The van der Waals surface area contributed by atoms with E-state index in [9.17, 15) is 4.79 Å². The van der Waals surface area contributed by atoms with Crippen LogP contribution < -0.4 is 4.74 Å². The smallest absolute Gasteiger partial charge is 0.140 e. The Balaban J connectivity index is 1.56. The Kier molecular flexibility index (Phi) is 3.03. The molecule has 0 aromatic heterocycles. The van der Waals surface area contributed by atoms with E-state index in [0.717, 1.165) is 40.7 Å². The van der Waals surface area contributed by atoms with Crippen LogP contribution in [0.5, 0.6) is 5.75 Å². The van der Waals surface area contributed by atoms with Crippen LogP contribution in [0.2, 0.25) is 5.02 Å². The number of ketones is 1. The van der Waals surface area contributed by atoms with E-state index >= 15 is 0 Å². The third kappa shape index (κ3) is 2.05. The Morgan fingerprint density at radius 2 is 2.20 bits per heavy atom. The summed E-state index contributed by atoms with van der Waals surface area (Å²) in [5.41, 5.74) is 2.16. The zero-order chi connectivity index (χ0) is 13.7. The minimum absolute atomic E-state index is 0.296. The van der Waals surface area contributed by atoms with Crippen molar-refractivity contribution < 1.29 is 9.53 Å². The van der Waals surface area contributed by atoms with Gasteiger partial charge in [-0.3, -0.25) is 4.79 Å². The second kappa shape index (κ2) is 4.77. The molecule has 3 heteroatoms. The minimum atomic E-state index is 0.296. The molecule has 2 nitrogen and oxygen atoms in total. The predicted molar refractivity (Wildman–Crippen MR) is 78.3 cm³/mol. The van der Waals surface area contributed by atoms with Gasteiger partial charge in [-0.1, -0.05) is 18.0 Å². The summed E-state index contributed by atoms with van der Waals surface area (Å²) in [6.07, 6.45) is 6.39. The fraction of sp³-hybridized carbons (Fsp3) is 0.588. The molecule has 3 aliphatic rings. The zero-order valence-electron chi connectivity index (χ0n) is 11.5. The molecule has 0 spiro atoms. The van der Waals surface area contributed by atoms with Crippen LogP contribution in [0, 0.1) is 17.8 Å². The highest BCUT2D eigenvalue weighted by Crippen LogP contribution is 2.49. The monoisotopic (exact) mass is 290 g/mol. The van der Waals surface area contributed by atoms with Gasteiger partial charge >= 0.3 is 0 Å². The van der Waals surface area contributed by atoms with Gasteiger partial charge in [0.15, 0.2) is 0 Å². The molecule has 1 aromatic rings. The molecule has 3 unspecified atom stereocenters. The van der Waals surface area contributed by atoms with Gasteiger partial charge in [-0.15, -0.1) is 0 Å². The molecule has 4 rings (SSSR count). The molecule has 2 bridgehead atoms. The fourth-order valence-corrected chi connectivity index (χ4v) is 4.70. The number of carbonyl (C=O) groups excluding carboxylic acids is 1. The zero-order valence-corrected chi connectivity index (χ0v) is 12.3. The summed E-state index contributed by atoms with van der Waals surface area (Å²) < 4.78 is 5.70. The Bertz CT molecular complexity index is 566. The Labute approximate surface area is 124 Å². The number of hydrogen-bond donors (Lipinski definition) is 0. The van der Waals surface area contributed by atoms with Crippen molar-refractivity contribution in [1.29, 1.82) is 0 Å². The van der Waals surface area contributed by atoms with Gasteiger partial charge in [0.2, 0.25) is 0 Å². The van der Waals surface area contributed by atoms with Gasteiger partial charge < -0.3 is 4.74 Å². The third-order valence-corrected chi connectivity index (χ3v) is 5.56. The van der Waals surface area contributed by atoms with E-state index in [4.69, 9.17) is 16.3 Å². The number of Topliss-reactive ketones (excluding diaryl/α,β-unsaturated/α-hetero) is 1. The van der Waals surface area contributed by atoms with Gasteiger partial charge in [-0.2, -0.15) is 0 Å². The van der Waals surface area contributed by atoms with Gasteiger partial charge in [0, 0.05) is 29.3 Å². The summed E-state index contributed by atoms with van der Waals surface area (Å²) in [6, 6.07) is 3.88. The van der Waals surface area contributed by atoms with Crippen molar-refractivity contribution in [3.63, 3.8) is 0 Å². The van der Waals surface area contributed by atoms with Crippen LogP contribution in [-0.4, -0.2) is 12.4 Å². The fourth-order valence-electron chi connectivity index (χ4n) is 4.44. The molecule has 0 saturated heterocycles. The molecule has 2 aliphatic carbocycles. The lowest BCUT2D eigenvalue weighted by atomic mass is 9.83. The molecule has 1 aliphatic heterocycles. The molecule has 20 heavy (non-hydrogen) atoms. The highest BCUT2D eigenvalue weighted by molar-refractivity contribution is 6.30. The molecular weight excluding hydrogens is 272 g/mol. The topological polar surface area (TPSA) is 26.3 Å². The first-order valence-electron chi connectivity index (χ1n) is 7.67. The van der Waals surface area contributed by atoms with Crippen LogP contribution in [0.1, 0.15) is 36.8 Å². The van der Waals surface area contributed by atoms with Crippen LogP contribution in [0.15, 0.2) is 12.1 Å². The summed E-state index contributed by atoms with van der Waals surface area (Å²) in [4.78, 5) is 12.6. The number of hydrogen-bond acceptors (Lipinski definition) is 2. The summed E-state index contributed by atoms with van der Waals surface area (Å²) in [6.45, 7) is 0.713. The quantitative estimate of drug-likeness (QED) is 0.846. The maximum absolute atomic E-state index is 12.6. The number of carbonyl (C=O) groups is 1. The summed E-state index contributed by atoms with van der Waals surface area (Å²) in [7, 11) is 0. The van der Waals surface area contributed by atoms with E-state index < -0.39 is 0 Å². The summed E-state index contributed by atoms with van der Waals surface area (Å²) in [5.74, 6) is 3.09. The average Bonchev–Trinajstić information content (AvgIpc) is 3.13. The van der Waals surface area contributed by atoms with Gasteiger partial charge in [0.25, 0.3) is 0 Å². The van der Waals surface area contributed by atoms with Crippen LogP contribution in [0.25, 0.3) is 0 Å². The second-order valence-corrected chi connectivity index (χ2v) is 7.01. The van der Waals surface area contributed by atoms with Crippen LogP contribution in [0.4, 0.5) is 0 Å². The number of ether oxygens (including phenoxy) is 1. The molecule has 0 radical (unpaired) electrons. The Morgan fingerprint density at radius 3 is 2.95 bits per heavy atom. The lowest BCUT2D eigenvalue weighted by molar-refractivity contribution is -0.123. The van der Waals surface area contributed by atoms with Crippen molar-refractivity contribution in [3.8, 4) is 5.75 Å². The maximum atomic E-state index is 12.6. The van der Waals surface area contributed by atoms with E-state index in [1.54, 1.807) is 0 Å². The summed E-state index contributed by atoms with van der Waals surface area (Å²) in [5, 5.41) is 0.727. The number of rotatable bonds is 3. The van der Waals surface area contributed by atoms with E-state index in [-0.39, 0.29) is 0 Å². The molecule has 2 saturated carbocycles. The highest BCUT2D eigenvalue weighted by Gasteiger charge is 2.42. The number of fused-ring (bicyclic) bond motifs is 3. The minimum Gasteiger partial charge on any atom is -0.493 e. The van der Waals surface area contributed by atoms with Crippen molar-refractivity contribution in [2.24, 2.45) is 17.8 Å². The Hall–Kier alpha value is -1.02. The van der Waals surface area contributed by atoms with Crippen LogP contribution >= 0.6 is 11.6 Å². The summed E-state index contributed by atoms with van der Waals surface area (Å²) >= 11 is 6.17. The Morgan fingerprint density at radius 1 is 1.30 bits per heavy atom. The van der Waals surface area contributed by atoms with Crippen LogP contribution in [0.3, 0.4) is 0 Å². The van der Waals surface area contributed by atoms with Crippen molar-refractivity contribution in [1.82, 2.24) is 0 Å². The van der Waals surface area contributed by atoms with Crippen molar-refractivity contribution in [3.05, 3.63) is 28.3 Å². The van der Waals surface area contributed by atoms with Crippen LogP contribution in [-0.2, 0) is 17.6 Å². The third-order valence-electron chi connectivity index (χ3n) is 5.34. The van der Waals surface area contributed by atoms with Gasteiger partial charge in [-0.05, 0) is 48.8 Å². The van der Waals surface area contributed by atoms with Gasteiger partial charge in [0.1, 0.15) is 11.5 Å². The molecule has 0 N–H and O–H groups in total. The molecule has 0 amide bonds. The van der Waals surface area contributed by atoms with Crippen molar-refractivity contribution in [2.45, 2.75) is 38.5 Å². The predicted octanol–water partition coefficient (Wildman–Crippen LogP) is 3.82.